The summed E-state index contributed by atoms with van der Waals surface area (Å²) in [7, 11) is 0. The molecule has 3 rings (SSSR count). The highest BCUT2D eigenvalue weighted by Crippen LogP contribution is 2.37. The van der Waals surface area contributed by atoms with E-state index in [9.17, 15) is 9.59 Å². The number of nitrogens with one attached hydrogen (secondary N) is 1. The standard InChI is InChI=1S/C18H17ClN2O3/c1-9-5-12-13(8-24-16(12)6-10(9)2)18(23)21-15-7-11(17(20)22)3-4-14(15)19/h3-7,13H,8H2,1-2H3,(H2,20,22)(H,21,23)/t13-/m1/s1. The number of hydrogen-bond donors (Lipinski definition) is 2. The fraction of sp³-hybridized carbons (Fsp3) is 0.222. The number of halogens is 1. The highest BCUT2D eigenvalue weighted by molar-refractivity contribution is 6.34. The number of carbonyl (C=O) groups excluding carboxylic acids is 2. The van der Waals surface area contributed by atoms with Crippen LogP contribution in [0.1, 0.15) is 33.0 Å². The predicted octanol–water partition coefficient (Wildman–Crippen LogP) is 3.17. The van der Waals surface area contributed by atoms with E-state index in [0.717, 1.165) is 22.4 Å². The first-order valence-corrected chi connectivity index (χ1v) is 7.89. The Balaban J connectivity index is 1.87. The maximum atomic E-state index is 12.6. The lowest BCUT2D eigenvalue weighted by Crippen LogP contribution is -2.23. The summed E-state index contributed by atoms with van der Waals surface area (Å²) >= 11 is 6.10. The zero-order chi connectivity index (χ0) is 17.4. The third-order valence-electron chi connectivity index (χ3n) is 4.23. The number of aryl methyl sites for hydroxylation is 2. The van der Waals surface area contributed by atoms with Crippen molar-refractivity contribution in [2.24, 2.45) is 5.73 Å². The van der Waals surface area contributed by atoms with Gasteiger partial charge in [0.05, 0.1) is 10.7 Å². The van der Waals surface area contributed by atoms with Crippen LogP contribution in [0.25, 0.3) is 0 Å². The molecule has 3 N–H and O–H groups in total. The van der Waals surface area contributed by atoms with E-state index >= 15 is 0 Å². The summed E-state index contributed by atoms with van der Waals surface area (Å²) < 4.78 is 5.63. The molecule has 0 saturated heterocycles. The zero-order valence-corrected chi connectivity index (χ0v) is 14.1. The number of fused-ring (bicyclic) bond motifs is 1. The first-order chi connectivity index (χ1) is 11.4. The third kappa shape index (κ3) is 2.95. The van der Waals surface area contributed by atoms with Gasteiger partial charge in [-0.2, -0.15) is 0 Å². The van der Waals surface area contributed by atoms with Crippen LogP contribution in [0.15, 0.2) is 30.3 Å². The lowest BCUT2D eigenvalue weighted by molar-refractivity contribution is -0.117. The van der Waals surface area contributed by atoms with Crippen LogP contribution >= 0.6 is 11.6 Å². The van der Waals surface area contributed by atoms with Crippen molar-refractivity contribution in [2.45, 2.75) is 19.8 Å². The molecule has 124 valence electrons. The van der Waals surface area contributed by atoms with Gasteiger partial charge in [0, 0.05) is 11.1 Å². The molecule has 5 nitrogen and oxygen atoms in total. The van der Waals surface area contributed by atoms with Gasteiger partial charge in [0.15, 0.2) is 0 Å². The summed E-state index contributed by atoms with van der Waals surface area (Å²) in [6, 6.07) is 8.44. The van der Waals surface area contributed by atoms with Crippen molar-refractivity contribution < 1.29 is 14.3 Å². The smallest absolute Gasteiger partial charge is 0.248 e. The molecule has 6 heteroatoms. The van der Waals surface area contributed by atoms with Gasteiger partial charge in [0.1, 0.15) is 18.3 Å². The Hall–Kier alpha value is -2.53. The highest BCUT2D eigenvalue weighted by atomic mass is 35.5. The molecule has 1 heterocycles. The summed E-state index contributed by atoms with van der Waals surface area (Å²) in [6.07, 6.45) is 0. The molecule has 0 fully saturated rings. The van der Waals surface area contributed by atoms with E-state index in [2.05, 4.69) is 5.32 Å². The Morgan fingerprint density at radius 1 is 1.21 bits per heavy atom. The number of benzene rings is 2. The second-order valence-corrected chi connectivity index (χ2v) is 6.29. The number of nitrogens with two attached hydrogens (primary N) is 1. The third-order valence-corrected chi connectivity index (χ3v) is 4.56. The van der Waals surface area contributed by atoms with Crippen LogP contribution in [0, 0.1) is 13.8 Å². The van der Waals surface area contributed by atoms with Crippen molar-refractivity contribution in [3.05, 3.63) is 57.6 Å². The topological polar surface area (TPSA) is 81.4 Å². The van der Waals surface area contributed by atoms with Gasteiger partial charge in [-0.1, -0.05) is 17.7 Å². The Bertz CT molecular complexity index is 848. The minimum absolute atomic E-state index is 0.236. The van der Waals surface area contributed by atoms with Crippen LogP contribution in [-0.4, -0.2) is 18.4 Å². The lowest BCUT2D eigenvalue weighted by atomic mass is 9.96. The molecule has 2 amide bonds. The van der Waals surface area contributed by atoms with Crippen LogP contribution in [0.4, 0.5) is 5.69 Å². The quantitative estimate of drug-likeness (QED) is 0.897. The van der Waals surface area contributed by atoms with Crippen molar-refractivity contribution >= 4 is 29.1 Å². The Morgan fingerprint density at radius 2 is 1.92 bits per heavy atom. The van der Waals surface area contributed by atoms with E-state index in [-0.39, 0.29) is 18.1 Å². The highest BCUT2D eigenvalue weighted by Gasteiger charge is 2.31. The Kier molecular flexibility index (Phi) is 4.20. The predicted molar refractivity (Wildman–Crippen MR) is 92.8 cm³/mol. The summed E-state index contributed by atoms with van der Waals surface area (Å²) in [6.45, 7) is 4.27. The normalized spacial score (nSPS) is 15.5. The molecule has 0 radical (unpaired) electrons. The van der Waals surface area contributed by atoms with Crippen LogP contribution < -0.4 is 15.8 Å². The van der Waals surface area contributed by atoms with Gasteiger partial charge in [-0.25, -0.2) is 0 Å². The molecule has 1 aliphatic heterocycles. The monoisotopic (exact) mass is 344 g/mol. The van der Waals surface area contributed by atoms with Gasteiger partial charge in [-0.05, 0) is 49.2 Å². The SMILES string of the molecule is Cc1cc2c(cc1C)[C@H](C(=O)Nc1cc(C(N)=O)ccc1Cl)CO2. The average Bonchev–Trinajstić information content (AvgIpc) is 2.92. The van der Waals surface area contributed by atoms with E-state index in [1.54, 1.807) is 0 Å². The van der Waals surface area contributed by atoms with Gasteiger partial charge < -0.3 is 15.8 Å². The molecule has 2 aromatic rings. The number of amides is 2. The molecule has 24 heavy (non-hydrogen) atoms. The molecular formula is C18H17ClN2O3. The van der Waals surface area contributed by atoms with Crippen molar-refractivity contribution in [3.8, 4) is 5.75 Å². The van der Waals surface area contributed by atoms with Gasteiger partial charge in [-0.3, -0.25) is 9.59 Å². The van der Waals surface area contributed by atoms with Gasteiger partial charge in [-0.15, -0.1) is 0 Å². The molecule has 0 spiro atoms. The number of rotatable bonds is 3. The minimum Gasteiger partial charge on any atom is -0.492 e. The lowest BCUT2D eigenvalue weighted by Gasteiger charge is -2.13. The molecule has 2 aromatic carbocycles. The van der Waals surface area contributed by atoms with E-state index in [0.29, 0.717) is 10.7 Å². The molecular weight excluding hydrogens is 328 g/mol. The molecule has 0 saturated carbocycles. The first-order valence-electron chi connectivity index (χ1n) is 7.51. The van der Waals surface area contributed by atoms with Crippen molar-refractivity contribution in [2.75, 3.05) is 11.9 Å². The molecule has 0 aliphatic carbocycles. The number of primary amides is 1. The molecule has 0 bridgehead atoms. The molecule has 0 unspecified atom stereocenters. The number of anilines is 1. The van der Waals surface area contributed by atoms with E-state index < -0.39 is 11.8 Å². The van der Waals surface area contributed by atoms with Crippen LogP contribution in [-0.2, 0) is 4.79 Å². The maximum Gasteiger partial charge on any atom is 0.248 e. The molecule has 1 aliphatic rings. The van der Waals surface area contributed by atoms with E-state index in [4.69, 9.17) is 22.1 Å². The average molecular weight is 345 g/mol. The second kappa shape index (κ2) is 6.17. The zero-order valence-electron chi connectivity index (χ0n) is 13.4. The number of carbonyl (C=O) groups is 2. The number of hydrogen-bond acceptors (Lipinski definition) is 3. The fourth-order valence-electron chi connectivity index (χ4n) is 2.68. The molecule has 0 aromatic heterocycles. The first kappa shape index (κ1) is 16.3. The van der Waals surface area contributed by atoms with Crippen molar-refractivity contribution in [1.82, 2.24) is 0 Å². The van der Waals surface area contributed by atoms with Crippen molar-refractivity contribution in [1.29, 1.82) is 0 Å². The summed E-state index contributed by atoms with van der Waals surface area (Å²) in [5.74, 6) is -0.508. The number of ether oxygens (including phenoxy) is 1. The fourth-order valence-corrected chi connectivity index (χ4v) is 2.85. The van der Waals surface area contributed by atoms with Crippen molar-refractivity contribution in [3.63, 3.8) is 0 Å². The van der Waals surface area contributed by atoms with E-state index in [1.165, 1.54) is 18.2 Å². The van der Waals surface area contributed by atoms with Crippen LogP contribution in [0.5, 0.6) is 5.75 Å². The van der Waals surface area contributed by atoms with E-state index in [1.807, 2.05) is 26.0 Å². The Morgan fingerprint density at radius 3 is 2.62 bits per heavy atom. The summed E-state index contributed by atoms with van der Waals surface area (Å²) in [4.78, 5) is 23.9. The van der Waals surface area contributed by atoms with Crippen LogP contribution in [0.3, 0.4) is 0 Å². The summed E-state index contributed by atoms with van der Waals surface area (Å²) in [5.41, 5.74) is 8.98. The Labute approximate surface area is 144 Å². The van der Waals surface area contributed by atoms with Gasteiger partial charge in [0.2, 0.25) is 11.8 Å². The maximum absolute atomic E-state index is 12.6. The second-order valence-electron chi connectivity index (χ2n) is 5.89. The van der Waals surface area contributed by atoms with Gasteiger partial charge in [0.25, 0.3) is 0 Å². The minimum atomic E-state index is -0.581. The van der Waals surface area contributed by atoms with Gasteiger partial charge >= 0.3 is 0 Å². The van der Waals surface area contributed by atoms with Crippen LogP contribution in [0.2, 0.25) is 5.02 Å². The molecule has 1 atom stereocenters. The largest absolute Gasteiger partial charge is 0.492 e. The summed E-state index contributed by atoms with van der Waals surface area (Å²) in [5, 5.41) is 3.10.